The Bertz CT molecular complexity index is 338. The molecule has 0 spiro atoms. The van der Waals surface area contributed by atoms with Gasteiger partial charge in [0.05, 0.1) is 0 Å². The first-order chi connectivity index (χ1) is 8.79. The Labute approximate surface area is 116 Å². The predicted molar refractivity (Wildman–Crippen MR) is 82.4 cm³/mol. The molecule has 18 heavy (non-hydrogen) atoms. The summed E-state index contributed by atoms with van der Waals surface area (Å²) in [5.74, 6) is 0.612. The van der Waals surface area contributed by atoms with E-state index in [0.29, 0.717) is 5.92 Å². The van der Waals surface area contributed by atoms with E-state index < -0.39 is 0 Å². The summed E-state index contributed by atoms with van der Waals surface area (Å²) in [5.41, 5.74) is 1.45. The largest absolute Gasteiger partial charge is 0.313 e. The fraction of sp³-hybridized carbons (Fsp3) is 0.625. The van der Waals surface area contributed by atoms with Gasteiger partial charge >= 0.3 is 0 Å². The fourth-order valence-electron chi connectivity index (χ4n) is 2.79. The maximum absolute atomic E-state index is 3.77. The number of hydrogen-bond acceptors (Lipinski definition) is 2. The molecule has 0 bridgehead atoms. The van der Waals surface area contributed by atoms with Gasteiger partial charge in [-0.2, -0.15) is 11.8 Å². The normalized spacial score (nSPS) is 25.9. The minimum atomic E-state index is 0.612. The maximum Gasteiger partial charge on any atom is 0.00778 e. The Morgan fingerprint density at radius 1 is 1.28 bits per heavy atom. The van der Waals surface area contributed by atoms with Crippen molar-refractivity contribution in [3.05, 3.63) is 35.9 Å². The standard InChI is InChI=1S/C16H25NS/c1-13(14-7-4-3-5-8-14)12-17-15-9-6-10-16(11-15)18-2/h3-5,7-8,13,15-17H,6,9-12H2,1-2H3. The molecule has 1 aliphatic carbocycles. The van der Waals surface area contributed by atoms with Crippen LogP contribution in [-0.4, -0.2) is 24.1 Å². The van der Waals surface area contributed by atoms with Crippen LogP contribution in [0.3, 0.4) is 0 Å². The van der Waals surface area contributed by atoms with Gasteiger partial charge in [-0.15, -0.1) is 0 Å². The minimum Gasteiger partial charge on any atom is -0.313 e. The van der Waals surface area contributed by atoms with Crippen LogP contribution < -0.4 is 5.32 Å². The van der Waals surface area contributed by atoms with E-state index in [4.69, 9.17) is 0 Å². The zero-order valence-corrected chi connectivity index (χ0v) is 12.4. The molecular weight excluding hydrogens is 238 g/mol. The highest BCUT2D eigenvalue weighted by Gasteiger charge is 2.21. The lowest BCUT2D eigenvalue weighted by molar-refractivity contribution is 0.374. The molecular formula is C16H25NS. The number of thioether (sulfide) groups is 1. The Morgan fingerprint density at radius 2 is 2.06 bits per heavy atom. The van der Waals surface area contributed by atoms with Gasteiger partial charge in [0.1, 0.15) is 0 Å². The summed E-state index contributed by atoms with van der Waals surface area (Å²) in [6.45, 7) is 3.42. The molecule has 100 valence electrons. The van der Waals surface area contributed by atoms with Crippen LogP contribution in [0.15, 0.2) is 30.3 Å². The molecule has 1 aliphatic rings. The third kappa shape index (κ3) is 4.03. The van der Waals surface area contributed by atoms with Gasteiger partial charge in [-0.3, -0.25) is 0 Å². The van der Waals surface area contributed by atoms with E-state index in [0.717, 1.165) is 17.8 Å². The Hall–Kier alpha value is -0.470. The summed E-state index contributed by atoms with van der Waals surface area (Å²) in [7, 11) is 0. The van der Waals surface area contributed by atoms with Crippen molar-refractivity contribution < 1.29 is 0 Å². The number of hydrogen-bond donors (Lipinski definition) is 1. The molecule has 0 amide bonds. The molecule has 0 aliphatic heterocycles. The van der Waals surface area contributed by atoms with Crippen LogP contribution in [0.25, 0.3) is 0 Å². The van der Waals surface area contributed by atoms with Gasteiger partial charge in [0, 0.05) is 17.8 Å². The van der Waals surface area contributed by atoms with Gasteiger partial charge in [-0.25, -0.2) is 0 Å². The van der Waals surface area contributed by atoms with E-state index in [1.54, 1.807) is 0 Å². The number of rotatable bonds is 5. The molecule has 3 unspecified atom stereocenters. The molecule has 1 N–H and O–H groups in total. The maximum atomic E-state index is 3.77. The molecule has 2 rings (SSSR count). The van der Waals surface area contributed by atoms with Crippen LogP contribution in [0.2, 0.25) is 0 Å². The third-order valence-electron chi connectivity index (χ3n) is 4.04. The number of nitrogens with one attached hydrogen (secondary N) is 1. The Morgan fingerprint density at radius 3 is 2.78 bits per heavy atom. The van der Waals surface area contributed by atoms with Gasteiger partial charge in [0.2, 0.25) is 0 Å². The molecule has 3 atom stereocenters. The zero-order valence-electron chi connectivity index (χ0n) is 11.6. The summed E-state index contributed by atoms with van der Waals surface area (Å²) in [6, 6.07) is 11.6. The van der Waals surface area contributed by atoms with Crippen molar-refractivity contribution in [2.45, 2.75) is 49.8 Å². The van der Waals surface area contributed by atoms with E-state index in [-0.39, 0.29) is 0 Å². The molecule has 0 radical (unpaired) electrons. The number of benzene rings is 1. The van der Waals surface area contributed by atoms with Crippen molar-refractivity contribution in [3.63, 3.8) is 0 Å². The van der Waals surface area contributed by atoms with Crippen molar-refractivity contribution in [2.75, 3.05) is 12.8 Å². The van der Waals surface area contributed by atoms with Crippen LogP contribution in [0, 0.1) is 0 Å². The van der Waals surface area contributed by atoms with Crippen LogP contribution in [-0.2, 0) is 0 Å². The molecule has 1 saturated carbocycles. The van der Waals surface area contributed by atoms with E-state index in [9.17, 15) is 0 Å². The molecule has 1 aromatic rings. The average Bonchev–Trinajstić information content (AvgIpc) is 2.46. The SMILES string of the molecule is CSC1CCCC(NCC(C)c2ccccc2)C1. The van der Waals surface area contributed by atoms with E-state index in [1.165, 1.54) is 31.2 Å². The minimum absolute atomic E-state index is 0.612. The Balaban J connectivity index is 1.77. The van der Waals surface area contributed by atoms with E-state index in [2.05, 4.69) is 48.8 Å². The summed E-state index contributed by atoms with van der Waals surface area (Å²) in [6.07, 6.45) is 7.76. The summed E-state index contributed by atoms with van der Waals surface area (Å²) < 4.78 is 0. The third-order valence-corrected chi connectivity index (χ3v) is 5.14. The molecule has 0 saturated heterocycles. The second kappa shape index (κ2) is 7.20. The quantitative estimate of drug-likeness (QED) is 0.860. The molecule has 1 aromatic carbocycles. The summed E-state index contributed by atoms with van der Waals surface area (Å²) in [4.78, 5) is 0. The highest BCUT2D eigenvalue weighted by atomic mass is 32.2. The molecule has 1 fully saturated rings. The van der Waals surface area contributed by atoms with Gasteiger partial charge in [-0.05, 0) is 37.0 Å². The summed E-state index contributed by atoms with van der Waals surface area (Å²) in [5, 5.41) is 4.65. The molecule has 2 heteroatoms. The molecule has 1 nitrogen and oxygen atoms in total. The fourth-order valence-corrected chi connectivity index (χ4v) is 3.61. The lowest BCUT2D eigenvalue weighted by Crippen LogP contribution is -2.37. The second-order valence-electron chi connectivity index (χ2n) is 5.44. The Kier molecular flexibility index (Phi) is 5.58. The highest BCUT2D eigenvalue weighted by molar-refractivity contribution is 7.99. The monoisotopic (exact) mass is 263 g/mol. The van der Waals surface area contributed by atoms with Crippen molar-refractivity contribution in [1.82, 2.24) is 5.32 Å². The second-order valence-corrected chi connectivity index (χ2v) is 6.58. The van der Waals surface area contributed by atoms with Gasteiger partial charge in [-0.1, -0.05) is 43.7 Å². The predicted octanol–water partition coefficient (Wildman–Crippen LogP) is 4.05. The van der Waals surface area contributed by atoms with Crippen molar-refractivity contribution in [2.24, 2.45) is 0 Å². The van der Waals surface area contributed by atoms with E-state index >= 15 is 0 Å². The first kappa shape index (κ1) is 14.0. The lowest BCUT2D eigenvalue weighted by atomic mass is 9.94. The van der Waals surface area contributed by atoms with Crippen LogP contribution in [0.5, 0.6) is 0 Å². The first-order valence-electron chi connectivity index (χ1n) is 7.10. The zero-order chi connectivity index (χ0) is 12.8. The first-order valence-corrected chi connectivity index (χ1v) is 8.39. The van der Waals surface area contributed by atoms with E-state index in [1.807, 2.05) is 11.8 Å². The van der Waals surface area contributed by atoms with Gasteiger partial charge < -0.3 is 5.32 Å². The van der Waals surface area contributed by atoms with Crippen molar-refractivity contribution >= 4 is 11.8 Å². The van der Waals surface area contributed by atoms with Gasteiger partial charge in [0.25, 0.3) is 0 Å². The summed E-state index contributed by atoms with van der Waals surface area (Å²) >= 11 is 2.04. The van der Waals surface area contributed by atoms with Crippen LogP contribution >= 0.6 is 11.8 Å². The van der Waals surface area contributed by atoms with Crippen LogP contribution in [0.1, 0.15) is 44.1 Å². The smallest absolute Gasteiger partial charge is 0.00778 e. The molecule has 0 aromatic heterocycles. The topological polar surface area (TPSA) is 12.0 Å². The van der Waals surface area contributed by atoms with Gasteiger partial charge in [0.15, 0.2) is 0 Å². The van der Waals surface area contributed by atoms with Crippen molar-refractivity contribution in [1.29, 1.82) is 0 Å². The lowest BCUT2D eigenvalue weighted by Gasteiger charge is -2.29. The van der Waals surface area contributed by atoms with Crippen molar-refractivity contribution in [3.8, 4) is 0 Å². The highest BCUT2D eigenvalue weighted by Crippen LogP contribution is 2.27. The average molecular weight is 263 g/mol. The molecule has 0 heterocycles. The van der Waals surface area contributed by atoms with Crippen LogP contribution in [0.4, 0.5) is 0 Å².